The highest BCUT2D eigenvalue weighted by atomic mass is 16.3. The number of phenols is 1. The van der Waals surface area contributed by atoms with E-state index in [4.69, 9.17) is 11.1 Å². The number of anilines is 2. The average molecular weight is 225 g/mol. The van der Waals surface area contributed by atoms with Gasteiger partial charge < -0.3 is 10.8 Å². The van der Waals surface area contributed by atoms with E-state index in [0.717, 1.165) is 11.1 Å². The quantitative estimate of drug-likeness (QED) is 0.515. The van der Waals surface area contributed by atoms with Crippen LogP contribution in [-0.4, -0.2) is 11.1 Å². The molecule has 0 spiro atoms. The summed E-state index contributed by atoms with van der Waals surface area (Å²) in [6.07, 6.45) is 0. The highest BCUT2D eigenvalue weighted by molar-refractivity contribution is 6.14. The smallest absolute Gasteiger partial charge is 0.197 e. The van der Waals surface area contributed by atoms with Crippen LogP contribution in [0.3, 0.4) is 0 Å². The molecule has 2 aromatic carbocycles. The first kappa shape index (κ1) is 9.72. The lowest BCUT2D eigenvalue weighted by Crippen LogP contribution is -2.37. The van der Waals surface area contributed by atoms with E-state index in [0.29, 0.717) is 11.4 Å². The molecule has 0 unspecified atom stereocenters. The molecular weight excluding hydrogens is 214 g/mol. The van der Waals surface area contributed by atoms with E-state index < -0.39 is 0 Å². The summed E-state index contributed by atoms with van der Waals surface area (Å²) in [5, 5.41) is 17.3. The maximum atomic E-state index is 9.86. The molecule has 4 rings (SSSR count). The Morgan fingerprint density at radius 1 is 1.12 bits per heavy atom. The van der Waals surface area contributed by atoms with Gasteiger partial charge >= 0.3 is 0 Å². The summed E-state index contributed by atoms with van der Waals surface area (Å²) in [5.74, 6) is 0.132. The van der Waals surface area contributed by atoms with Gasteiger partial charge in [0.05, 0.1) is 5.69 Å². The zero-order valence-corrected chi connectivity index (χ0v) is 9.01. The molecule has 2 aliphatic rings. The SMILES string of the molecule is N=C(N)N1c2ccc(-c3ccccc3)c1c2O. The highest BCUT2D eigenvalue weighted by Crippen LogP contribution is 2.55. The van der Waals surface area contributed by atoms with Gasteiger partial charge in [0, 0.05) is 5.56 Å². The van der Waals surface area contributed by atoms with Gasteiger partial charge in [-0.1, -0.05) is 30.3 Å². The van der Waals surface area contributed by atoms with E-state index in [-0.39, 0.29) is 11.7 Å². The van der Waals surface area contributed by atoms with Crippen LogP contribution in [0.15, 0.2) is 42.5 Å². The maximum absolute atomic E-state index is 9.86. The molecule has 2 aromatic rings. The average Bonchev–Trinajstić information content (AvgIpc) is 2.37. The lowest BCUT2D eigenvalue weighted by Gasteiger charge is -2.35. The number of aromatic hydroxyl groups is 1. The van der Waals surface area contributed by atoms with E-state index >= 15 is 0 Å². The van der Waals surface area contributed by atoms with Gasteiger partial charge in [-0.2, -0.15) is 0 Å². The first-order chi connectivity index (χ1) is 8.20. The van der Waals surface area contributed by atoms with Gasteiger partial charge in [-0.25, -0.2) is 0 Å². The molecule has 2 bridgehead atoms. The Morgan fingerprint density at radius 2 is 1.82 bits per heavy atom. The number of nitrogens with two attached hydrogens (primary N) is 1. The van der Waals surface area contributed by atoms with Gasteiger partial charge in [0.25, 0.3) is 0 Å². The van der Waals surface area contributed by atoms with Gasteiger partial charge in [-0.05, 0) is 17.7 Å². The largest absolute Gasteiger partial charge is 0.504 e. The Labute approximate surface area is 98.4 Å². The normalized spacial score (nSPS) is 12.1. The predicted molar refractivity (Wildman–Crippen MR) is 67.6 cm³/mol. The molecule has 4 heteroatoms. The molecule has 4 nitrogen and oxygen atoms in total. The molecular formula is C13H11N3O. The summed E-state index contributed by atoms with van der Waals surface area (Å²) in [5.41, 5.74) is 8.57. The molecule has 0 fully saturated rings. The van der Waals surface area contributed by atoms with Crippen molar-refractivity contribution in [3.63, 3.8) is 0 Å². The van der Waals surface area contributed by atoms with Crippen LogP contribution in [0.1, 0.15) is 0 Å². The van der Waals surface area contributed by atoms with Crippen LogP contribution in [0.4, 0.5) is 11.4 Å². The van der Waals surface area contributed by atoms with Crippen molar-refractivity contribution in [1.29, 1.82) is 5.41 Å². The number of guanidine groups is 1. The molecule has 17 heavy (non-hydrogen) atoms. The number of hydrogen-bond acceptors (Lipinski definition) is 2. The maximum Gasteiger partial charge on any atom is 0.197 e. The molecule has 0 aliphatic carbocycles. The number of hydrogen-bond donors (Lipinski definition) is 3. The fourth-order valence-electron chi connectivity index (χ4n) is 2.14. The summed E-state index contributed by atoms with van der Waals surface area (Å²) < 4.78 is 0. The zero-order chi connectivity index (χ0) is 12.0. The number of fused-ring (bicyclic) bond motifs is 2. The van der Waals surface area contributed by atoms with Crippen molar-refractivity contribution < 1.29 is 5.11 Å². The van der Waals surface area contributed by atoms with Gasteiger partial charge in [-0.15, -0.1) is 0 Å². The Morgan fingerprint density at radius 3 is 2.41 bits per heavy atom. The zero-order valence-electron chi connectivity index (χ0n) is 9.01. The molecule has 0 aromatic heterocycles. The second kappa shape index (κ2) is 3.25. The van der Waals surface area contributed by atoms with Gasteiger partial charge in [0.15, 0.2) is 11.7 Å². The van der Waals surface area contributed by atoms with E-state index in [1.807, 2.05) is 36.4 Å². The number of nitrogens with one attached hydrogen (secondary N) is 1. The molecule has 2 aliphatic heterocycles. The predicted octanol–water partition coefficient (Wildman–Crippen LogP) is 2.40. The lowest BCUT2D eigenvalue weighted by atomic mass is 9.96. The number of nitrogens with zero attached hydrogens (tertiary/aromatic N) is 1. The molecule has 0 atom stereocenters. The van der Waals surface area contributed by atoms with Crippen molar-refractivity contribution in [2.75, 3.05) is 4.90 Å². The van der Waals surface area contributed by atoms with Crippen LogP contribution in [-0.2, 0) is 0 Å². The molecule has 0 saturated carbocycles. The molecule has 0 amide bonds. The van der Waals surface area contributed by atoms with Crippen LogP contribution in [0.25, 0.3) is 11.1 Å². The monoisotopic (exact) mass is 225 g/mol. The van der Waals surface area contributed by atoms with Crippen molar-refractivity contribution in [3.8, 4) is 16.9 Å². The van der Waals surface area contributed by atoms with Crippen molar-refractivity contribution in [2.24, 2.45) is 5.73 Å². The van der Waals surface area contributed by atoms with Crippen molar-refractivity contribution in [2.45, 2.75) is 0 Å². The first-order valence-corrected chi connectivity index (χ1v) is 5.25. The van der Waals surface area contributed by atoms with Crippen LogP contribution >= 0.6 is 0 Å². The van der Waals surface area contributed by atoms with Crippen LogP contribution in [0.2, 0.25) is 0 Å². The van der Waals surface area contributed by atoms with Gasteiger partial charge in [-0.3, -0.25) is 10.3 Å². The lowest BCUT2D eigenvalue weighted by molar-refractivity contribution is 0.470. The van der Waals surface area contributed by atoms with E-state index in [1.165, 1.54) is 4.90 Å². The summed E-state index contributed by atoms with van der Waals surface area (Å²) in [6, 6.07) is 13.4. The van der Waals surface area contributed by atoms with Gasteiger partial charge in [0.2, 0.25) is 0 Å². The van der Waals surface area contributed by atoms with Crippen molar-refractivity contribution in [3.05, 3.63) is 42.5 Å². The summed E-state index contributed by atoms with van der Waals surface area (Å²) >= 11 is 0. The molecule has 0 saturated heterocycles. The van der Waals surface area contributed by atoms with Crippen LogP contribution < -0.4 is 10.6 Å². The molecule has 84 valence electrons. The second-order valence-corrected chi connectivity index (χ2v) is 3.92. The molecule has 4 N–H and O–H groups in total. The minimum Gasteiger partial charge on any atom is -0.504 e. The van der Waals surface area contributed by atoms with E-state index in [9.17, 15) is 5.11 Å². The third kappa shape index (κ3) is 1.21. The fraction of sp³-hybridized carbons (Fsp3) is 0. The molecule has 0 radical (unpaired) electrons. The third-order valence-corrected chi connectivity index (χ3v) is 2.92. The summed E-state index contributed by atoms with van der Waals surface area (Å²) in [4.78, 5) is 1.54. The van der Waals surface area contributed by atoms with Crippen LogP contribution in [0.5, 0.6) is 5.75 Å². The minimum atomic E-state index is -0.0782. The van der Waals surface area contributed by atoms with Crippen LogP contribution in [0, 0.1) is 5.41 Å². The van der Waals surface area contributed by atoms with E-state index in [2.05, 4.69) is 0 Å². The first-order valence-electron chi connectivity index (χ1n) is 5.25. The Kier molecular flexibility index (Phi) is 1.86. The standard InChI is InChI=1S/C13H11N3O/c14-13(15)16-10-7-6-9(11(16)12(10)17)8-4-2-1-3-5-8/h1-7,17H,(H3,14,15). The minimum absolute atomic E-state index is 0.0782. The van der Waals surface area contributed by atoms with E-state index in [1.54, 1.807) is 6.07 Å². The summed E-state index contributed by atoms with van der Waals surface area (Å²) in [7, 11) is 0. The Balaban J connectivity index is 2.18. The topological polar surface area (TPSA) is 73.3 Å². The number of phenolic OH excluding ortho intramolecular Hbond substituents is 1. The fourth-order valence-corrected chi connectivity index (χ4v) is 2.14. The number of rotatable bonds is 1. The third-order valence-electron chi connectivity index (χ3n) is 2.92. The van der Waals surface area contributed by atoms with Crippen molar-refractivity contribution >= 4 is 17.3 Å². The van der Waals surface area contributed by atoms with Gasteiger partial charge in [0.1, 0.15) is 5.69 Å². The Hall–Kier alpha value is -2.49. The Bertz CT molecular complexity index is 608. The highest BCUT2D eigenvalue weighted by Gasteiger charge is 2.33. The molecule has 2 heterocycles. The second-order valence-electron chi connectivity index (χ2n) is 3.92. The van der Waals surface area contributed by atoms with Crippen molar-refractivity contribution in [1.82, 2.24) is 0 Å². The summed E-state index contributed by atoms with van der Waals surface area (Å²) in [6.45, 7) is 0. The number of benzene rings is 2.